The monoisotopic (exact) mass is 516 g/mol. The molecule has 0 heterocycles. The number of aliphatic hydroxyl groups is 1. The number of unbranched alkanes of at least 4 members (excludes halogenated alkanes) is 11. The maximum atomic E-state index is 11.2. The zero-order valence-corrected chi connectivity index (χ0v) is 23.4. The molecule has 210 valence electrons. The molecule has 0 aliphatic heterocycles. The van der Waals surface area contributed by atoms with Gasteiger partial charge in [0.1, 0.15) is 5.75 Å². The van der Waals surface area contributed by atoms with Crippen molar-refractivity contribution in [1.82, 2.24) is 0 Å². The van der Waals surface area contributed by atoms with Crippen LogP contribution < -0.4 is 4.74 Å². The number of aliphatic carboxylic acids is 1. The predicted octanol–water partition coefficient (Wildman–Crippen LogP) is 8.40. The van der Waals surface area contributed by atoms with Gasteiger partial charge in [0, 0.05) is 0 Å². The van der Waals surface area contributed by atoms with Gasteiger partial charge in [0.15, 0.2) is 0 Å². The highest BCUT2D eigenvalue weighted by Gasteiger charge is 2.14. The summed E-state index contributed by atoms with van der Waals surface area (Å²) in [7, 11) is 1.64. The summed E-state index contributed by atoms with van der Waals surface area (Å²) in [5.41, 5.74) is 1.03. The molecule has 0 fully saturated rings. The average Bonchev–Trinajstić information content (AvgIpc) is 2.88. The normalized spacial score (nSPS) is 13.4. The van der Waals surface area contributed by atoms with Crippen molar-refractivity contribution in [3.63, 3.8) is 0 Å². The van der Waals surface area contributed by atoms with E-state index in [1.165, 1.54) is 57.8 Å². The minimum atomic E-state index is -0.798. The lowest BCUT2D eigenvalue weighted by atomic mass is 10.0. The molecule has 5 heteroatoms. The topological polar surface area (TPSA) is 76.0 Å². The van der Waals surface area contributed by atoms with E-state index in [-0.39, 0.29) is 18.6 Å². The quantitative estimate of drug-likeness (QED) is 0.107. The predicted molar refractivity (Wildman–Crippen MR) is 153 cm³/mol. The highest BCUT2D eigenvalue weighted by Crippen LogP contribution is 2.17. The van der Waals surface area contributed by atoms with Crippen molar-refractivity contribution in [3.8, 4) is 5.75 Å². The Balaban J connectivity index is 1.96. The molecule has 1 aromatic carbocycles. The maximum Gasteiger partial charge on any atom is 0.305 e. The molecule has 0 aromatic heterocycles. The highest BCUT2D eigenvalue weighted by atomic mass is 16.5. The Morgan fingerprint density at radius 3 is 1.92 bits per heavy atom. The van der Waals surface area contributed by atoms with Gasteiger partial charge in [0.2, 0.25) is 0 Å². The van der Waals surface area contributed by atoms with Crippen molar-refractivity contribution in [2.24, 2.45) is 0 Å². The highest BCUT2D eigenvalue weighted by molar-refractivity contribution is 5.67. The second-order valence-corrected chi connectivity index (χ2v) is 10.1. The van der Waals surface area contributed by atoms with Gasteiger partial charge < -0.3 is 19.7 Å². The molecule has 0 aliphatic rings. The first kappa shape index (κ1) is 32.9. The fraction of sp³-hybridized carbons (Fsp3) is 0.656. The summed E-state index contributed by atoms with van der Waals surface area (Å²) < 4.78 is 11.1. The van der Waals surface area contributed by atoms with Gasteiger partial charge in [-0.25, -0.2) is 0 Å². The van der Waals surface area contributed by atoms with E-state index in [9.17, 15) is 15.0 Å². The Hall–Kier alpha value is -2.11. The van der Waals surface area contributed by atoms with Crippen LogP contribution in [0.1, 0.15) is 115 Å². The van der Waals surface area contributed by atoms with Crippen molar-refractivity contribution < 1.29 is 24.5 Å². The Labute approximate surface area is 226 Å². The molecular weight excluding hydrogens is 464 g/mol. The van der Waals surface area contributed by atoms with Gasteiger partial charge in [-0.3, -0.25) is 4.79 Å². The minimum absolute atomic E-state index is 0.0636. The first-order valence-corrected chi connectivity index (χ1v) is 14.5. The molecule has 0 unspecified atom stereocenters. The van der Waals surface area contributed by atoms with Gasteiger partial charge in [-0.2, -0.15) is 0 Å². The lowest BCUT2D eigenvalue weighted by molar-refractivity contribution is -0.140. The number of benzene rings is 1. The van der Waals surface area contributed by atoms with Gasteiger partial charge in [0.25, 0.3) is 0 Å². The molecule has 1 aromatic rings. The Morgan fingerprint density at radius 1 is 0.811 bits per heavy atom. The summed E-state index contributed by atoms with van der Waals surface area (Å²) in [5, 5.41) is 18.4. The first-order valence-electron chi connectivity index (χ1n) is 14.5. The molecular formula is C32H52O5. The number of hydrogen-bond donors (Lipinski definition) is 2. The molecule has 0 saturated carbocycles. The van der Waals surface area contributed by atoms with E-state index >= 15 is 0 Å². The van der Waals surface area contributed by atoms with Crippen molar-refractivity contribution >= 4 is 5.97 Å². The minimum Gasteiger partial charge on any atom is -0.497 e. The molecule has 0 bridgehead atoms. The molecule has 0 amide bonds. The van der Waals surface area contributed by atoms with Crippen LogP contribution in [-0.2, 0) is 16.1 Å². The Kier molecular flexibility index (Phi) is 20.5. The summed E-state index contributed by atoms with van der Waals surface area (Å²) in [6, 6.07) is 7.70. The number of hydrogen-bond acceptors (Lipinski definition) is 4. The van der Waals surface area contributed by atoms with Crippen LogP contribution >= 0.6 is 0 Å². The van der Waals surface area contributed by atoms with Crippen LogP contribution in [0.5, 0.6) is 5.75 Å². The fourth-order valence-corrected chi connectivity index (χ4v) is 4.26. The van der Waals surface area contributed by atoms with E-state index in [0.717, 1.165) is 49.8 Å². The molecule has 2 atom stereocenters. The smallest absolute Gasteiger partial charge is 0.305 e. The van der Waals surface area contributed by atoms with Crippen LogP contribution in [0.4, 0.5) is 0 Å². The second-order valence-electron chi connectivity index (χ2n) is 10.1. The number of rotatable bonds is 24. The summed E-state index contributed by atoms with van der Waals surface area (Å²) in [6.45, 7) is 2.25. The van der Waals surface area contributed by atoms with Crippen molar-refractivity contribution in [2.45, 2.75) is 128 Å². The average molecular weight is 517 g/mol. The Bertz CT molecular complexity index is 723. The molecule has 37 heavy (non-hydrogen) atoms. The summed E-state index contributed by atoms with van der Waals surface area (Å²) in [4.78, 5) is 11.2. The van der Waals surface area contributed by atoms with Gasteiger partial charge >= 0.3 is 5.97 Å². The molecule has 2 N–H and O–H groups in total. The third-order valence-corrected chi connectivity index (χ3v) is 6.50. The summed E-state index contributed by atoms with van der Waals surface area (Å²) in [6.07, 6.45) is 25.8. The number of methoxy groups -OCH3 is 1. The molecule has 0 aliphatic carbocycles. The van der Waals surface area contributed by atoms with Crippen LogP contribution in [0.3, 0.4) is 0 Å². The van der Waals surface area contributed by atoms with E-state index < -0.39 is 5.97 Å². The van der Waals surface area contributed by atoms with Crippen molar-refractivity contribution in [1.29, 1.82) is 0 Å². The third kappa shape index (κ3) is 20.6. The van der Waals surface area contributed by atoms with Crippen LogP contribution in [0, 0.1) is 0 Å². The van der Waals surface area contributed by atoms with E-state index in [1.807, 2.05) is 31.2 Å². The van der Waals surface area contributed by atoms with Gasteiger partial charge in [-0.05, 0) is 63.1 Å². The lowest BCUT2D eigenvalue weighted by Gasteiger charge is -2.16. The van der Waals surface area contributed by atoms with Gasteiger partial charge in [0.05, 0.1) is 32.3 Å². The van der Waals surface area contributed by atoms with Crippen LogP contribution in [0.15, 0.2) is 48.6 Å². The number of ether oxygens (including phenoxy) is 2. The SMILES string of the molecule is COc1ccc(CO[C@H](CCCCCCCCCCCC/C=C\CC/C=C/C[C@@H](C)O)CC(=O)O)cc1. The molecule has 0 radical (unpaired) electrons. The molecule has 0 saturated heterocycles. The third-order valence-electron chi connectivity index (χ3n) is 6.50. The summed E-state index contributed by atoms with van der Waals surface area (Å²) in [5.74, 6) is 0.00743. The van der Waals surface area contributed by atoms with E-state index in [1.54, 1.807) is 7.11 Å². The lowest BCUT2D eigenvalue weighted by Crippen LogP contribution is -2.17. The van der Waals surface area contributed by atoms with Crippen LogP contribution in [-0.4, -0.2) is 35.5 Å². The van der Waals surface area contributed by atoms with Crippen molar-refractivity contribution in [3.05, 3.63) is 54.1 Å². The molecule has 1 rings (SSSR count). The molecule has 0 spiro atoms. The summed E-state index contributed by atoms with van der Waals surface area (Å²) >= 11 is 0. The largest absolute Gasteiger partial charge is 0.497 e. The van der Waals surface area contributed by atoms with Crippen LogP contribution in [0.25, 0.3) is 0 Å². The number of carboxylic acids is 1. The van der Waals surface area contributed by atoms with Gasteiger partial charge in [-0.15, -0.1) is 0 Å². The zero-order chi connectivity index (χ0) is 27.0. The number of aliphatic hydroxyl groups excluding tert-OH is 1. The second kappa shape index (κ2) is 23.0. The first-order chi connectivity index (χ1) is 18.0. The number of carbonyl (C=O) groups is 1. The Morgan fingerprint density at radius 2 is 1.35 bits per heavy atom. The fourth-order valence-electron chi connectivity index (χ4n) is 4.26. The van der Waals surface area contributed by atoms with E-state index in [4.69, 9.17) is 9.47 Å². The standard InChI is InChI=1S/C32H52O5/c1-28(33)20-18-16-14-12-10-8-6-4-3-5-7-9-11-13-15-17-19-21-31(26-32(34)35)37-27-29-22-24-30(36-2)25-23-29/h8,10,16,18,22-25,28,31,33H,3-7,9,11-15,17,19-21,26-27H2,1-2H3,(H,34,35)/b10-8-,18-16+/t28-,31-/m1/s1. The molecule has 5 nitrogen and oxygen atoms in total. The number of carboxylic acid groups (broad SMARTS) is 1. The maximum absolute atomic E-state index is 11.2. The van der Waals surface area contributed by atoms with E-state index in [0.29, 0.717) is 6.61 Å². The number of allylic oxidation sites excluding steroid dienone is 3. The zero-order valence-electron chi connectivity index (χ0n) is 23.4. The van der Waals surface area contributed by atoms with Crippen molar-refractivity contribution in [2.75, 3.05) is 7.11 Å². The van der Waals surface area contributed by atoms with E-state index in [2.05, 4.69) is 24.3 Å². The van der Waals surface area contributed by atoms with Gasteiger partial charge in [-0.1, -0.05) is 94.2 Å². The van der Waals surface area contributed by atoms with Crippen LogP contribution in [0.2, 0.25) is 0 Å².